The van der Waals surface area contributed by atoms with Crippen molar-refractivity contribution in [1.82, 2.24) is 0 Å². The lowest BCUT2D eigenvalue weighted by Gasteiger charge is -2.31. The Morgan fingerprint density at radius 1 is 1.31 bits per heavy atom. The van der Waals surface area contributed by atoms with E-state index in [2.05, 4.69) is 19.9 Å². The van der Waals surface area contributed by atoms with Gasteiger partial charge in [-0.3, -0.25) is 0 Å². The largest absolute Gasteiger partial charge is 0.328 e. The van der Waals surface area contributed by atoms with E-state index in [1.54, 1.807) is 0 Å². The highest BCUT2D eigenvalue weighted by molar-refractivity contribution is 4.95. The van der Waals surface area contributed by atoms with Gasteiger partial charge in [0.1, 0.15) is 0 Å². The Morgan fingerprint density at radius 2 is 1.77 bits per heavy atom. The van der Waals surface area contributed by atoms with Crippen LogP contribution in [0.25, 0.3) is 0 Å². The third kappa shape index (κ3) is 5.65. The van der Waals surface area contributed by atoms with Crippen LogP contribution in [-0.4, -0.2) is 6.04 Å². The van der Waals surface area contributed by atoms with E-state index in [9.17, 15) is 0 Å². The Kier molecular flexibility index (Phi) is 3.93. The van der Waals surface area contributed by atoms with E-state index in [1.165, 1.54) is 0 Å². The molecule has 0 spiro atoms. The summed E-state index contributed by atoms with van der Waals surface area (Å²) in [5.41, 5.74) is 5.68. The van der Waals surface area contributed by atoms with Crippen LogP contribution in [0.15, 0.2) is 0 Å². The number of nitriles is 1. The van der Waals surface area contributed by atoms with Gasteiger partial charge in [0.05, 0.1) is 11.5 Å². The molecule has 1 atom stereocenters. The Labute approximate surface area is 82.1 Å². The molecule has 0 aromatic heterocycles. The molecule has 0 aliphatic heterocycles. The van der Waals surface area contributed by atoms with Gasteiger partial charge in [-0.25, -0.2) is 0 Å². The molecule has 1 unspecified atom stereocenters. The molecule has 0 aromatic rings. The molecule has 0 rings (SSSR count). The molecule has 0 radical (unpaired) electrons. The molecule has 0 saturated heterocycles. The van der Waals surface area contributed by atoms with Gasteiger partial charge in [-0.05, 0) is 39.0 Å². The first kappa shape index (κ1) is 12.4. The Bertz CT molecular complexity index is 197. The summed E-state index contributed by atoms with van der Waals surface area (Å²) in [5.74, 6) is 0. The number of nitrogens with two attached hydrogens (primary N) is 1. The molecule has 0 bridgehead atoms. The Hall–Kier alpha value is -0.550. The van der Waals surface area contributed by atoms with Crippen molar-refractivity contribution < 1.29 is 0 Å². The molecule has 0 fully saturated rings. The summed E-state index contributed by atoms with van der Waals surface area (Å²) in [5, 5.41) is 8.91. The summed E-state index contributed by atoms with van der Waals surface area (Å²) in [7, 11) is 0. The van der Waals surface area contributed by atoms with Gasteiger partial charge in [0, 0.05) is 6.04 Å². The maximum absolute atomic E-state index is 8.91. The summed E-state index contributed by atoms with van der Waals surface area (Å²) in [6.07, 6.45) is 1.87. The second kappa shape index (κ2) is 4.11. The van der Waals surface area contributed by atoms with Crippen molar-refractivity contribution in [1.29, 1.82) is 5.26 Å². The molecule has 2 N–H and O–H groups in total. The first-order valence-electron chi connectivity index (χ1n) is 4.85. The summed E-state index contributed by atoms with van der Waals surface area (Å²) in [6.45, 7) is 10.3. The van der Waals surface area contributed by atoms with Crippen LogP contribution >= 0.6 is 0 Å². The Balaban J connectivity index is 4.26. The van der Waals surface area contributed by atoms with Crippen LogP contribution in [0, 0.1) is 22.2 Å². The van der Waals surface area contributed by atoms with Gasteiger partial charge in [0.15, 0.2) is 0 Å². The molecule has 13 heavy (non-hydrogen) atoms. The van der Waals surface area contributed by atoms with Gasteiger partial charge in [-0.1, -0.05) is 13.8 Å². The lowest BCUT2D eigenvalue weighted by molar-refractivity contribution is 0.215. The smallest absolute Gasteiger partial charge is 0.0684 e. The maximum Gasteiger partial charge on any atom is 0.0684 e. The van der Waals surface area contributed by atoms with Crippen LogP contribution in [-0.2, 0) is 0 Å². The van der Waals surface area contributed by atoms with Crippen molar-refractivity contribution in [2.24, 2.45) is 16.6 Å². The minimum Gasteiger partial charge on any atom is -0.328 e. The lowest BCUT2D eigenvalue weighted by Crippen LogP contribution is -2.29. The molecule has 0 aliphatic carbocycles. The predicted octanol–water partition coefficient (Wildman–Crippen LogP) is 2.69. The van der Waals surface area contributed by atoms with Crippen LogP contribution < -0.4 is 5.73 Å². The van der Waals surface area contributed by atoms with Crippen molar-refractivity contribution >= 4 is 0 Å². The molecular weight excluding hydrogens is 160 g/mol. The van der Waals surface area contributed by atoms with E-state index in [1.807, 2.05) is 20.8 Å². The number of rotatable bonds is 4. The van der Waals surface area contributed by atoms with Crippen LogP contribution in [0.4, 0.5) is 0 Å². The molecule has 2 nitrogen and oxygen atoms in total. The van der Waals surface area contributed by atoms with Crippen molar-refractivity contribution in [3.8, 4) is 6.07 Å². The third-order valence-electron chi connectivity index (χ3n) is 2.10. The molecule has 0 heterocycles. The molecule has 76 valence electrons. The highest BCUT2D eigenvalue weighted by atomic mass is 14.6. The summed E-state index contributed by atoms with van der Waals surface area (Å²) >= 11 is 0. The minimum absolute atomic E-state index is 0.160. The fraction of sp³-hybridized carbons (Fsp3) is 0.909. The van der Waals surface area contributed by atoms with Crippen molar-refractivity contribution in [3.63, 3.8) is 0 Å². The fourth-order valence-corrected chi connectivity index (χ4v) is 2.18. The topological polar surface area (TPSA) is 49.8 Å². The first-order chi connectivity index (χ1) is 5.68. The predicted molar refractivity (Wildman–Crippen MR) is 56.1 cm³/mol. The van der Waals surface area contributed by atoms with Crippen LogP contribution in [0.3, 0.4) is 0 Å². The van der Waals surface area contributed by atoms with Gasteiger partial charge in [-0.15, -0.1) is 0 Å². The zero-order valence-corrected chi connectivity index (χ0v) is 9.52. The zero-order valence-electron chi connectivity index (χ0n) is 9.52. The third-order valence-corrected chi connectivity index (χ3v) is 2.10. The lowest BCUT2D eigenvalue weighted by atomic mass is 9.73. The molecule has 0 saturated carbocycles. The molecule has 2 heteroatoms. The fourth-order valence-electron chi connectivity index (χ4n) is 2.18. The van der Waals surface area contributed by atoms with E-state index < -0.39 is 0 Å². The Morgan fingerprint density at radius 3 is 2.08 bits per heavy atom. The van der Waals surface area contributed by atoms with Gasteiger partial charge in [-0.2, -0.15) is 5.26 Å². The van der Waals surface area contributed by atoms with Gasteiger partial charge < -0.3 is 5.73 Å². The average Bonchev–Trinajstić information content (AvgIpc) is 1.81. The molecule has 0 aliphatic rings. The summed E-state index contributed by atoms with van der Waals surface area (Å²) in [6, 6.07) is 2.54. The molecule has 0 amide bonds. The van der Waals surface area contributed by atoms with Crippen LogP contribution in [0.5, 0.6) is 0 Å². The molecule has 0 aromatic carbocycles. The zero-order chi connectivity index (χ0) is 10.7. The van der Waals surface area contributed by atoms with Crippen molar-refractivity contribution in [3.05, 3.63) is 0 Å². The summed E-state index contributed by atoms with van der Waals surface area (Å²) < 4.78 is 0. The van der Waals surface area contributed by atoms with Crippen molar-refractivity contribution in [2.45, 2.75) is 53.5 Å². The standard InChI is InChI=1S/C11H22N2/c1-9(13)6-10(2,3)7-11(4,5)8-12/h9H,6-7,13H2,1-5H3. The number of nitrogens with zero attached hydrogens (tertiary/aromatic N) is 1. The van der Waals surface area contributed by atoms with Crippen molar-refractivity contribution in [2.75, 3.05) is 0 Å². The maximum atomic E-state index is 8.91. The first-order valence-corrected chi connectivity index (χ1v) is 4.85. The van der Waals surface area contributed by atoms with Crippen LogP contribution in [0.2, 0.25) is 0 Å². The van der Waals surface area contributed by atoms with E-state index in [0.29, 0.717) is 0 Å². The monoisotopic (exact) mass is 182 g/mol. The highest BCUT2D eigenvalue weighted by Crippen LogP contribution is 2.36. The van der Waals surface area contributed by atoms with E-state index in [-0.39, 0.29) is 16.9 Å². The number of hydrogen-bond donors (Lipinski definition) is 1. The normalized spacial score (nSPS) is 15.2. The quantitative estimate of drug-likeness (QED) is 0.726. The van der Waals surface area contributed by atoms with Gasteiger partial charge in [0.2, 0.25) is 0 Å². The minimum atomic E-state index is -0.238. The highest BCUT2D eigenvalue weighted by Gasteiger charge is 2.29. The van der Waals surface area contributed by atoms with E-state index in [0.717, 1.165) is 12.8 Å². The summed E-state index contributed by atoms with van der Waals surface area (Å²) in [4.78, 5) is 0. The van der Waals surface area contributed by atoms with E-state index >= 15 is 0 Å². The second-order valence-corrected chi connectivity index (χ2v) is 5.52. The van der Waals surface area contributed by atoms with Gasteiger partial charge in [0.25, 0.3) is 0 Å². The second-order valence-electron chi connectivity index (χ2n) is 5.52. The molecular formula is C11H22N2. The SMILES string of the molecule is CC(N)CC(C)(C)CC(C)(C)C#N. The van der Waals surface area contributed by atoms with Crippen LogP contribution in [0.1, 0.15) is 47.5 Å². The average molecular weight is 182 g/mol. The van der Waals surface area contributed by atoms with Gasteiger partial charge >= 0.3 is 0 Å². The number of hydrogen-bond acceptors (Lipinski definition) is 2. The van der Waals surface area contributed by atoms with E-state index in [4.69, 9.17) is 11.0 Å².